The monoisotopic (exact) mass is 416 g/mol. The predicted octanol–water partition coefficient (Wildman–Crippen LogP) is 5.96. The van der Waals surface area contributed by atoms with Gasteiger partial charge in [0.1, 0.15) is 11.5 Å². The van der Waals surface area contributed by atoms with E-state index in [-0.39, 0.29) is 11.6 Å². The lowest BCUT2D eigenvalue weighted by Crippen LogP contribution is -2.16. The molecule has 3 rings (SSSR count). The van der Waals surface area contributed by atoms with Gasteiger partial charge in [0, 0.05) is 22.4 Å². The number of rotatable bonds is 6. The SMILES string of the molecule is C=C1C(C)=C(/C(C=CN)=C/C)Oc2c1cc(C)cc2C(C)Nc1ccccc1C(=O)O. The summed E-state index contributed by atoms with van der Waals surface area (Å²) in [6.45, 7) is 12.2. The van der Waals surface area contributed by atoms with Gasteiger partial charge in [-0.15, -0.1) is 0 Å². The summed E-state index contributed by atoms with van der Waals surface area (Å²) in [5, 5.41) is 12.9. The molecule has 0 fully saturated rings. The molecule has 1 unspecified atom stereocenters. The molecule has 1 heterocycles. The molecule has 1 aliphatic rings. The molecular weight excluding hydrogens is 388 g/mol. The summed E-state index contributed by atoms with van der Waals surface area (Å²) in [7, 11) is 0. The highest BCUT2D eigenvalue weighted by Gasteiger charge is 2.27. The van der Waals surface area contributed by atoms with Crippen molar-refractivity contribution in [1.29, 1.82) is 0 Å². The molecule has 160 valence electrons. The molecule has 2 aromatic rings. The number of ether oxygens (including phenoxy) is 1. The maximum absolute atomic E-state index is 11.6. The number of hydrogen-bond acceptors (Lipinski definition) is 4. The van der Waals surface area contributed by atoms with E-state index in [9.17, 15) is 9.90 Å². The van der Waals surface area contributed by atoms with Crippen molar-refractivity contribution in [2.75, 3.05) is 5.32 Å². The third kappa shape index (κ3) is 4.26. The largest absolute Gasteiger partial charge is 0.478 e. The molecule has 2 aromatic carbocycles. The van der Waals surface area contributed by atoms with E-state index < -0.39 is 5.97 Å². The summed E-state index contributed by atoms with van der Waals surface area (Å²) in [5.41, 5.74) is 12.1. The van der Waals surface area contributed by atoms with E-state index in [1.54, 1.807) is 24.3 Å². The lowest BCUT2D eigenvalue weighted by atomic mass is 9.89. The van der Waals surface area contributed by atoms with Crippen LogP contribution in [-0.4, -0.2) is 11.1 Å². The van der Waals surface area contributed by atoms with Crippen LogP contribution in [0.4, 0.5) is 5.69 Å². The van der Waals surface area contributed by atoms with Crippen LogP contribution in [0, 0.1) is 6.92 Å². The van der Waals surface area contributed by atoms with Crippen molar-refractivity contribution >= 4 is 17.2 Å². The minimum Gasteiger partial charge on any atom is -0.478 e. The fourth-order valence-electron chi connectivity index (χ4n) is 3.77. The highest BCUT2D eigenvalue weighted by molar-refractivity contribution is 5.94. The number of aryl methyl sites for hydroxylation is 1. The second-order valence-corrected chi connectivity index (χ2v) is 7.59. The zero-order valence-corrected chi connectivity index (χ0v) is 18.3. The number of nitrogens with two attached hydrogens (primary N) is 1. The Hall–Kier alpha value is -3.73. The topological polar surface area (TPSA) is 84.6 Å². The number of para-hydroxylation sites is 1. The molecule has 31 heavy (non-hydrogen) atoms. The summed E-state index contributed by atoms with van der Waals surface area (Å²) in [4.78, 5) is 11.6. The number of hydrogen-bond donors (Lipinski definition) is 3. The molecule has 0 aromatic heterocycles. The molecule has 0 spiro atoms. The van der Waals surface area contributed by atoms with Gasteiger partial charge < -0.3 is 20.9 Å². The summed E-state index contributed by atoms with van der Waals surface area (Å²) in [6.07, 6.45) is 5.23. The van der Waals surface area contributed by atoms with Crippen LogP contribution in [0.25, 0.3) is 5.57 Å². The third-order valence-corrected chi connectivity index (χ3v) is 5.43. The van der Waals surface area contributed by atoms with Gasteiger partial charge >= 0.3 is 5.97 Å². The number of aromatic carboxylic acids is 1. The maximum Gasteiger partial charge on any atom is 0.337 e. The molecule has 0 radical (unpaired) electrons. The quantitative estimate of drug-likeness (QED) is 0.506. The summed E-state index contributed by atoms with van der Waals surface area (Å²) < 4.78 is 6.43. The molecular formula is C26H28N2O3. The summed E-state index contributed by atoms with van der Waals surface area (Å²) in [5.74, 6) is 0.456. The number of carboxylic acid groups (broad SMARTS) is 1. The molecule has 1 aliphatic heterocycles. The van der Waals surface area contributed by atoms with Crippen molar-refractivity contribution in [3.05, 3.63) is 100 Å². The number of fused-ring (bicyclic) bond motifs is 1. The van der Waals surface area contributed by atoms with Crippen molar-refractivity contribution < 1.29 is 14.6 Å². The van der Waals surface area contributed by atoms with Gasteiger partial charge in [0.25, 0.3) is 0 Å². The van der Waals surface area contributed by atoms with Crippen LogP contribution < -0.4 is 15.8 Å². The van der Waals surface area contributed by atoms with Crippen LogP contribution in [-0.2, 0) is 0 Å². The molecule has 0 aliphatic carbocycles. The first-order valence-corrected chi connectivity index (χ1v) is 10.1. The number of carbonyl (C=O) groups is 1. The molecule has 5 nitrogen and oxygen atoms in total. The molecule has 1 atom stereocenters. The van der Waals surface area contributed by atoms with Crippen LogP contribution in [0.5, 0.6) is 5.75 Å². The Balaban J connectivity index is 2.08. The lowest BCUT2D eigenvalue weighted by molar-refractivity contribution is 0.0698. The van der Waals surface area contributed by atoms with E-state index in [0.29, 0.717) is 17.2 Å². The van der Waals surface area contributed by atoms with Gasteiger partial charge in [-0.1, -0.05) is 30.9 Å². The van der Waals surface area contributed by atoms with Crippen LogP contribution in [0.1, 0.15) is 53.9 Å². The summed E-state index contributed by atoms with van der Waals surface area (Å²) >= 11 is 0. The second-order valence-electron chi connectivity index (χ2n) is 7.59. The van der Waals surface area contributed by atoms with Crippen molar-refractivity contribution in [2.24, 2.45) is 5.73 Å². The van der Waals surface area contributed by atoms with E-state index in [0.717, 1.165) is 33.4 Å². The fraction of sp³-hybridized carbons (Fsp3) is 0.192. The molecule has 0 saturated heterocycles. The Labute approximate surface area is 183 Å². The first-order chi connectivity index (χ1) is 14.8. The third-order valence-electron chi connectivity index (χ3n) is 5.43. The van der Waals surface area contributed by atoms with Crippen molar-refractivity contribution in [3.8, 4) is 5.75 Å². The minimum absolute atomic E-state index is 0.208. The molecule has 4 N–H and O–H groups in total. The molecule has 0 bridgehead atoms. The zero-order valence-electron chi connectivity index (χ0n) is 18.3. The van der Waals surface area contributed by atoms with Gasteiger partial charge in [-0.05, 0) is 74.9 Å². The second kappa shape index (κ2) is 8.96. The van der Waals surface area contributed by atoms with Crippen molar-refractivity contribution in [2.45, 2.75) is 33.7 Å². The van der Waals surface area contributed by atoms with E-state index in [1.807, 2.05) is 39.8 Å². The van der Waals surface area contributed by atoms with Gasteiger partial charge in [0.2, 0.25) is 0 Å². The Morgan fingerprint density at radius 3 is 2.61 bits per heavy atom. The Kier molecular flexibility index (Phi) is 6.35. The normalized spacial score (nSPS) is 15.0. The van der Waals surface area contributed by atoms with Crippen LogP contribution in [0.2, 0.25) is 0 Å². The molecule has 0 amide bonds. The van der Waals surface area contributed by atoms with E-state index in [1.165, 1.54) is 6.20 Å². The average molecular weight is 417 g/mol. The predicted molar refractivity (Wildman–Crippen MR) is 126 cm³/mol. The average Bonchev–Trinajstić information content (AvgIpc) is 2.74. The highest BCUT2D eigenvalue weighted by atomic mass is 16.5. The Morgan fingerprint density at radius 1 is 1.26 bits per heavy atom. The van der Waals surface area contributed by atoms with Gasteiger partial charge in [-0.2, -0.15) is 0 Å². The van der Waals surface area contributed by atoms with Crippen LogP contribution >= 0.6 is 0 Å². The van der Waals surface area contributed by atoms with Gasteiger partial charge in [0.15, 0.2) is 0 Å². The van der Waals surface area contributed by atoms with Gasteiger partial charge in [0.05, 0.1) is 11.6 Å². The molecule has 5 heteroatoms. The van der Waals surface area contributed by atoms with Crippen molar-refractivity contribution in [3.63, 3.8) is 0 Å². The number of allylic oxidation sites excluding steroid dienone is 4. The van der Waals surface area contributed by atoms with Gasteiger partial charge in [-0.25, -0.2) is 4.79 Å². The van der Waals surface area contributed by atoms with Crippen molar-refractivity contribution in [1.82, 2.24) is 0 Å². The minimum atomic E-state index is -0.974. The fourth-order valence-corrected chi connectivity index (χ4v) is 3.77. The van der Waals surface area contributed by atoms with Gasteiger partial charge in [-0.3, -0.25) is 0 Å². The number of nitrogens with one attached hydrogen (secondary N) is 1. The number of anilines is 1. The first-order valence-electron chi connectivity index (χ1n) is 10.1. The standard InChI is InChI=1S/C26H28N2O3/c1-6-19(11-12-27)24-17(4)16(3)21-13-15(2)14-22(25(21)31-24)18(5)28-23-10-8-7-9-20(23)26(29)30/h6-14,18,28H,3,27H2,1-2,4-5H3,(H,29,30)/b12-11?,19-6+. The highest BCUT2D eigenvalue weighted by Crippen LogP contribution is 2.44. The van der Waals surface area contributed by atoms with Crippen LogP contribution in [0.3, 0.4) is 0 Å². The zero-order chi connectivity index (χ0) is 22.7. The summed E-state index contributed by atoms with van der Waals surface area (Å²) in [6, 6.07) is 10.8. The Bertz CT molecular complexity index is 1140. The smallest absolute Gasteiger partial charge is 0.337 e. The number of carboxylic acids is 1. The lowest BCUT2D eigenvalue weighted by Gasteiger charge is -2.29. The molecule has 0 saturated carbocycles. The van der Waals surface area contributed by atoms with E-state index in [4.69, 9.17) is 10.5 Å². The maximum atomic E-state index is 11.6. The first kappa shape index (κ1) is 22.0. The van der Waals surface area contributed by atoms with Crippen LogP contribution in [0.15, 0.2) is 78.2 Å². The van der Waals surface area contributed by atoms with E-state index >= 15 is 0 Å². The van der Waals surface area contributed by atoms with E-state index in [2.05, 4.69) is 24.0 Å². The number of benzene rings is 2. The Morgan fingerprint density at radius 2 is 1.97 bits per heavy atom.